The molecule has 1 amide bonds. The van der Waals surface area contributed by atoms with Gasteiger partial charge >= 0.3 is 12.1 Å². The van der Waals surface area contributed by atoms with Crippen LogP contribution < -0.4 is 5.32 Å². The number of carbonyl (C=O) groups excluding carboxylic acids is 2. The standard InChI is InChI=1S/C13H25NO4/c1-7-17-10(15)8-9-13(5,6)14-11(16)18-12(2,3)4/h7-9H2,1-6H3,(H,14,16). The molecule has 0 fully saturated rings. The summed E-state index contributed by atoms with van der Waals surface area (Å²) in [6.07, 6.45) is 0.304. The van der Waals surface area contributed by atoms with Crippen LogP contribution in [0.25, 0.3) is 0 Å². The van der Waals surface area contributed by atoms with Crippen LogP contribution in [0, 0.1) is 0 Å². The van der Waals surface area contributed by atoms with Crippen molar-refractivity contribution in [2.45, 2.75) is 65.5 Å². The molecule has 0 aromatic carbocycles. The molecular formula is C13H25NO4. The summed E-state index contributed by atoms with van der Waals surface area (Å²) in [5, 5.41) is 2.74. The van der Waals surface area contributed by atoms with Crippen molar-refractivity contribution in [2.75, 3.05) is 6.61 Å². The fraction of sp³-hybridized carbons (Fsp3) is 0.846. The average molecular weight is 259 g/mol. The Balaban J connectivity index is 4.14. The minimum atomic E-state index is -0.526. The molecule has 5 heteroatoms. The molecule has 0 saturated heterocycles. The van der Waals surface area contributed by atoms with E-state index >= 15 is 0 Å². The minimum Gasteiger partial charge on any atom is -0.466 e. The molecule has 18 heavy (non-hydrogen) atoms. The van der Waals surface area contributed by atoms with E-state index < -0.39 is 17.2 Å². The van der Waals surface area contributed by atoms with Crippen LogP contribution in [0.3, 0.4) is 0 Å². The summed E-state index contributed by atoms with van der Waals surface area (Å²) in [5.74, 6) is -0.253. The Kier molecular flexibility index (Phi) is 6.15. The molecule has 0 unspecified atom stereocenters. The largest absolute Gasteiger partial charge is 0.466 e. The van der Waals surface area contributed by atoms with Crippen molar-refractivity contribution in [1.82, 2.24) is 5.32 Å². The summed E-state index contributed by atoms with van der Waals surface area (Å²) in [6.45, 7) is 11.2. The zero-order valence-electron chi connectivity index (χ0n) is 12.3. The van der Waals surface area contributed by atoms with E-state index in [2.05, 4.69) is 5.32 Å². The molecule has 0 radical (unpaired) electrons. The van der Waals surface area contributed by atoms with Crippen LogP contribution >= 0.6 is 0 Å². The van der Waals surface area contributed by atoms with Gasteiger partial charge < -0.3 is 14.8 Å². The van der Waals surface area contributed by atoms with Crippen LogP contribution in [-0.4, -0.2) is 29.8 Å². The van der Waals surface area contributed by atoms with E-state index in [1.165, 1.54) is 0 Å². The van der Waals surface area contributed by atoms with E-state index in [0.29, 0.717) is 13.0 Å². The van der Waals surface area contributed by atoms with Gasteiger partial charge in [0.25, 0.3) is 0 Å². The van der Waals surface area contributed by atoms with Gasteiger partial charge in [0.1, 0.15) is 5.60 Å². The second kappa shape index (κ2) is 6.61. The first-order chi connectivity index (χ1) is 8.06. The summed E-state index contributed by atoms with van der Waals surface area (Å²) in [7, 11) is 0. The Hall–Kier alpha value is -1.26. The third-order valence-corrected chi connectivity index (χ3v) is 2.10. The number of alkyl carbamates (subject to hydrolysis) is 1. The lowest BCUT2D eigenvalue weighted by atomic mass is 9.99. The lowest BCUT2D eigenvalue weighted by Crippen LogP contribution is -2.46. The molecule has 1 N–H and O–H groups in total. The molecule has 0 bridgehead atoms. The van der Waals surface area contributed by atoms with Crippen LogP contribution in [0.4, 0.5) is 4.79 Å². The molecule has 0 heterocycles. The number of carbonyl (C=O) groups is 2. The molecule has 0 rings (SSSR count). The Morgan fingerprint density at radius 1 is 1.11 bits per heavy atom. The molecular weight excluding hydrogens is 234 g/mol. The molecule has 0 aliphatic heterocycles. The predicted molar refractivity (Wildman–Crippen MR) is 69.3 cm³/mol. The maximum absolute atomic E-state index is 11.6. The van der Waals surface area contributed by atoms with Gasteiger partial charge in [-0.05, 0) is 48.0 Å². The van der Waals surface area contributed by atoms with E-state index in [9.17, 15) is 9.59 Å². The van der Waals surface area contributed by atoms with Gasteiger partial charge in [0.2, 0.25) is 0 Å². The number of ether oxygens (including phenoxy) is 2. The molecule has 0 aliphatic carbocycles. The first kappa shape index (κ1) is 16.7. The fourth-order valence-electron chi connectivity index (χ4n) is 1.29. The number of amides is 1. The van der Waals surface area contributed by atoms with Crippen LogP contribution in [-0.2, 0) is 14.3 Å². The summed E-state index contributed by atoms with van der Waals surface area (Å²) < 4.78 is 10.0. The van der Waals surface area contributed by atoms with Crippen molar-refractivity contribution in [3.8, 4) is 0 Å². The zero-order valence-corrected chi connectivity index (χ0v) is 12.3. The van der Waals surface area contributed by atoms with Gasteiger partial charge in [0.05, 0.1) is 6.61 Å². The Bertz CT molecular complexity index is 292. The quantitative estimate of drug-likeness (QED) is 0.771. The minimum absolute atomic E-state index is 0.253. The molecule has 0 saturated carbocycles. The molecule has 5 nitrogen and oxygen atoms in total. The van der Waals surface area contributed by atoms with Gasteiger partial charge in [0, 0.05) is 12.0 Å². The van der Waals surface area contributed by atoms with Crippen LogP contribution in [0.15, 0.2) is 0 Å². The van der Waals surface area contributed by atoms with Gasteiger partial charge in [-0.15, -0.1) is 0 Å². The number of hydrogen-bond donors (Lipinski definition) is 1. The van der Waals surface area contributed by atoms with Gasteiger partial charge in [-0.2, -0.15) is 0 Å². The van der Waals surface area contributed by atoms with E-state index in [1.807, 2.05) is 13.8 Å². The molecule has 0 atom stereocenters. The Morgan fingerprint density at radius 2 is 1.67 bits per heavy atom. The molecule has 0 aromatic rings. The van der Waals surface area contributed by atoms with Crippen molar-refractivity contribution in [3.05, 3.63) is 0 Å². The predicted octanol–water partition coefficient (Wildman–Crippen LogP) is 2.63. The number of esters is 1. The van der Waals surface area contributed by atoms with Crippen LogP contribution in [0.1, 0.15) is 54.4 Å². The van der Waals surface area contributed by atoms with E-state index in [1.54, 1.807) is 27.7 Å². The summed E-state index contributed by atoms with van der Waals surface area (Å²) >= 11 is 0. The SMILES string of the molecule is CCOC(=O)CCC(C)(C)NC(=O)OC(C)(C)C. The van der Waals surface area contributed by atoms with Crippen molar-refractivity contribution in [3.63, 3.8) is 0 Å². The monoisotopic (exact) mass is 259 g/mol. The van der Waals surface area contributed by atoms with E-state index in [0.717, 1.165) is 0 Å². The normalized spacial score (nSPS) is 11.9. The lowest BCUT2D eigenvalue weighted by Gasteiger charge is -2.28. The van der Waals surface area contributed by atoms with Crippen molar-refractivity contribution < 1.29 is 19.1 Å². The van der Waals surface area contributed by atoms with Crippen molar-refractivity contribution >= 4 is 12.1 Å². The third-order valence-electron chi connectivity index (χ3n) is 2.10. The average Bonchev–Trinajstić information content (AvgIpc) is 2.11. The van der Waals surface area contributed by atoms with Gasteiger partial charge in [-0.1, -0.05) is 0 Å². The third kappa shape index (κ3) is 8.84. The lowest BCUT2D eigenvalue weighted by molar-refractivity contribution is -0.143. The second-order valence-electron chi connectivity index (χ2n) is 5.82. The molecule has 0 spiro atoms. The maximum Gasteiger partial charge on any atom is 0.408 e. The summed E-state index contributed by atoms with van der Waals surface area (Å²) in [4.78, 5) is 22.8. The first-order valence-corrected chi connectivity index (χ1v) is 6.22. The summed E-state index contributed by atoms with van der Waals surface area (Å²) in [6, 6.07) is 0. The number of nitrogens with one attached hydrogen (secondary N) is 1. The fourth-order valence-corrected chi connectivity index (χ4v) is 1.29. The molecule has 0 aliphatic rings. The second-order valence-corrected chi connectivity index (χ2v) is 5.82. The van der Waals surface area contributed by atoms with Gasteiger partial charge in [-0.25, -0.2) is 4.79 Å². The highest BCUT2D eigenvalue weighted by Crippen LogP contribution is 2.14. The number of rotatable bonds is 5. The van der Waals surface area contributed by atoms with Crippen LogP contribution in [0.5, 0.6) is 0 Å². The smallest absolute Gasteiger partial charge is 0.408 e. The molecule has 106 valence electrons. The number of hydrogen-bond acceptors (Lipinski definition) is 4. The van der Waals surface area contributed by atoms with E-state index in [-0.39, 0.29) is 12.4 Å². The van der Waals surface area contributed by atoms with E-state index in [4.69, 9.17) is 9.47 Å². The summed E-state index contributed by atoms with van der Waals surface area (Å²) in [5.41, 5.74) is -1.03. The zero-order chi connectivity index (χ0) is 14.4. The van der Waals surface area contributed by atoms with Crippen molar-refractivity contribution in [2.24, 2.45) is 0 Å². The van der Waals surface area contributed by atoms with Crippen LogP contribution in [0.2, 0.25) is 0 Å². The van der Waals surface area contributed by atoms with Gasteiger partial charge in [0.15, 0.2) is 0 Å². The highest BCUT2D eigenvalue weighted by Gasteiger charge is 2.25. The van der Waals surface area contributed by atoms with Crippen molar-refractivity contribution in [1.29, 1.82) is 0 Å². The Morgan fingerprint density at radius 3 is 2.11 bits per heavy atom. The maximum atomic E-state index is 11.6. The first-order valence-electron chi connectivity index (χ1n) is 6.22. The molecule has 0 aromatic heterocycles. The highest BCUT2D eigenvalue weighted by atomic mass is 16.6. The topological polar surface area (TPSA) is 64.6 Å². The Labute approximate surface area is 109 Å². The van der Waals surface area contributed by atoms with Gasteiger partial charge in [-0.3, -0.25) is 4.79 Å². The highest BCUT2D eigenvalue weighted by molar-refractivity contribution is 5.70.